The fourth-order valence-electron chi connectivity index (χ4n) is 2.12. The fraction of sp³-hybridized carbons (Fsp3) is 0.545. The molecule has 1 aromatic rings. The van der Waals surface area contributed by atoms with Crippen molar-refractivity contribution in [3.05, 3.63) is 24.0 Å². The maximum absolute atomic E-state index is 12.1. The van der Waals surface area contributed by atoms with Crippen molar-refractivity contribution >= 4 is 5.91 Å². The molecule has 1 saturated heterocycles. The van der Waals surface area contributed by atoms with Gasteiger partial charge in [-0.15, -0.1) is 0 Å². The number of hydrogen-bond acceptors (Lipinski definition) is 2. The van der Waals surface area contributed by atoms with Gasteiger partial charge in [-0.3, -0.25) is 4.79 Å². The molecule has 1 aliphatic rings. The lowest BCUT2D eigenvalue weighted by atomic mass is 10.2. The summed E-state index contributed by atoms with van der Waals surface area (Å²) in [6.07, 6.45) is 3.76. The Bertz CT molecular complexity index is 359. The average molecular weight is 208 g/mol. The molecule has 0 bridgehead atoms. The van der Waals surface area contributed by atoms with Crippen molar-refractivity contribution in [2.75, 3.05) is 13.2 Å². The zero-order chi connectivity index (χ0) is 10.8. The van der Waals surface area contributed by atoms with Crippen LogP contribution in [0.15, 0.2) is 18.3 Å². The lowest BCUT2D eigenvalue weighted by Crippen LogP contribution is -2.38. The summed E-state index contributed by atoms with van der Waals surface area (Å²) in [5.41, 5.74) is 0.690. The molecular formula is C11H16N2O2. The highest BCUT2D eigenvalue weighted by Crippen LogP contribution is 2.19. The normalized spacial score (nSPS) is 20.9. The predicted molar refractivity (Wildman–Crippen MR) is 56.6 cm³/mol. The van der Waals surface area contributed by atoms with Crippen molar-refractivity contribution in [2.24, 2.45) is 7.05 Å². The highest BCUT2D eigenvalue weighted by molar-refractivity contribution is 5.93. The van der Waals surface area contributed by atoms with Crippen LogP contribution in [-0.4, -0.2) is 39.7 Å². The number of carbonyl (C=O) groups excluding carboxylic acids is 1. The van der Waals surface area contributed by atoms with Gasteiger partial charge in [0.25, 0.3) is 5.91 Å². The Morgan fingerprint density at radius 3 is 3.07 bits per heavy atom. The van der Waals surface area contributed by atoms with E-state index >= 15 is 0 Å². The zero-order valence-electron chi connectivity index (χ0n) is 8.89. The van der Waals surface area contributed by atoms with Crippen LogP contribution in [-0.2, 0) is 7.05 Å². The second-order valence-electron chi connectivity index (χ2n) is 3.98. The molecule has 4 heteroatoms. The van der Waals surface area contributed by atoms with E-state index in [1.165, 1.54) is 0 Å². The summed E-state index contributed by atoms with van der Waals surface area (Å²) >= 11 is 0. The van der Waals surface area contributed by atoms with Crippen molar-refractivity contribution < 1.29 is 9.90 Å². The van der Waals surface area contributed by atoms with Crippen LogP contribution in [0, 0.1) is 0 Å². The van der Waals surface area contributed by atoms with Gasteiger partial charge in [-0.1, -0.05) is 0 Å². The van der Waals surface area contributed by atoms with E-state index in [9.17, 15) is 4.79 Å². The molecule has 82 valence electrons. The number of likely N-dealkylation sites (tertiary alicyclic amines) is 1. The Kier molecular flexibility index (Phi) is 2.77. The molecule has 2 rings (SSSR count). The van der Waals surface area contributed by atoms with Gasteiger partial charge in [-0.2, -0.15) is 0 Å². The summed E-state index contributed by atoms with van der Waals surface area (Å²) in [6.45, 7) is 0.825. The first-order chi connectivity index (χ1) is 7.24. The summed E-state index contributed by atoms with van der Waals surface area (Å²) in [7, 11) is 1.86. The van der Waals surface area contributed by atoms with Crippen LogP contribution >= 0.6 is 0 Å². The Hall–Kier alpha value is -1.29. The van der Waals surface area contributed by atoms with Crippen molar-refractivity contribution in [1.29, 1.82) is 0 Å². The molecule has 4 nitrogen and oxygen atoms in total. The lowest BCUT2D eigenvalue weighted by molar-refractivity contribution is 0.0668. The maximum Gasteiger partial charge on any atom is 0.270 e. The Balaban J connectivity index is 2.18. The van der Waals surface area contributed by atoms with Gasteiger partial charge in [-0.25, -0.2) is 0 Å². The van der Waals surface area contributed by atoms with Crippen molar-refractivity contribution in [3.63, 3.8) is 0 Å². The smallest absolute Gasteiger partial charge is 0.270 e. The summed E-state index contributed by atoms with van der Waals surface area (Å²) in [5.74, 6) is 0.0269. The molecule has 1 unspecified atom stereocenters. The Morgan fingerprint density at radius 1 is 1.67 bits per heavy atom. The third-order valence-electron chi connectivity index (χ3n) is 3.01. The number of amides is 1. The monoisotopic (exact) mass is 208 g/mol. The Morgan fingerprint density at radius 2 is 2.47 bits per heavy atom. The van der Waals surface area contributed by atoms with Gasteiger partial charge in [0.15, 0.2) is 0 Å². The highest BCUT2D eigenvalue weighted by Gasteiger charge is 2.29. The van der Waals surface area contributed by atoms with Crippen LogP contribution in [0.2, 0.25) is 0 Å². The molecule has 0 saturated carbocycles. The quantitative estimate of drug-likeness (QED) is 0.774. The van der Waals surface area contributed by atoms with E-state index in [-0.39, 0.29) is 18.6 Å². The molecule has 0 aromatic carbocycles. The summed E-state index contributed by atoms with van der Waals surface area (Å²) < 4.78 is 1.81. The minimum absolute atomic E-state index is 0.00685. The zero-order valence-corrected chi connectivity index (χ0v) is 8.89. The summed E-state index contributed by atoms with van der Waals surface area (Å²) in [5, 5.41) is 9.15. The van der Waals surface area contributed by atoms with Gasteiger partial charge in [0.05, 0.1) is 12.6 Å². The third-order valence-corrected chi connectivity index (χ3v) is 3.01. The lowest BCUT2D eigenvalue weighted by Gasteiger charge is -2.23. The predicted octanol–water partition coefficient (Wildman–Crippen LogP) is 0.622. The van der Waals surface area contributed by atoms with Gasteiger partial charge >= 0.3 is 0 Å². The second kappa shape index (κ2) is 4.06. The standard InChI is InChI=1S/C11H16N2O2/c1-12-6-3-5-10(12)11(15)13-7-2-4-9(13)8-14/h3,5-6,9,14H,2,4,7-8H2,1H3. The number of nitrogens with zero attached hydrogens (tertiary/aromatic N) is 2. The number of rotatable bonds is 2. The third kappa shape index (κ3) is 1.77. The van der Waals surface area contributed by atoms with E-state index in [4.69, 9.17) is 5.11 Å². The molecule has 1 atom stereocenters. The first-order valence-corrected chi connectivity index (χ1v) is 5.27. The van der Waals surface area contributed by atoms with E-state index in [2.05, 4.69) is 0 Å². The number of aliphatic hydroxyl groups is 1. The maximum atomic E-state index is 12.1. The number of hydrogen-bond donors (Lipinski definition) is 1. The first-order valence-electron chi connectivity index (χ1n) is 5.27. The van der Waals surface area contributed by atoms with Gasteiger partial charge in [0, 0.05) is 19.8 Å². The second-order valence-corrected chi connectivity index (χ2v) is 3.98. The Labute approximate surface area is 89.1 Å². The molecule has 1 fully saturated rings. The van der Waals surface area contributed by atoms with E-state index < -0.39 is 0 Å². The number of aliphatic hydroxyl groups excluding tert-OH is 1. The molecule has 1 amide bonds. The number of aryl methyl sites for hydroxylation is 1. The highest BCUT2D eigenvalue weighted by atomic mass is 16.3. The van der Waals surface area contributed by atoms with Crippen LogP contribution in [0.4, 0.5) is 0 Å². The van der Waals surface area contributed by atoms with E-state index in [1.807, 2.05) is 29.9 Å². The molecule has 1 N–H and O–H groups in total. The van der Waals surface area contributed by atoms with Crippen LogP contribution in [0.1, 0.15) is 23.3 Å². The van der Waals surface area contributed by atoms with E-state index in [0.717, 1.165) is 19.4 Å². The molecule has 2 heterocycles. The molecule has 0 aliphatic carbocycles. The van der Waals surface area contributed by atoms with Crippen LogP contribution in [0.3, 0.4) is 0 Å². The van der Waals surface area contributed by atoms with Gasteiger partial charge < -0.3 is 14.6 Å². The SMILES string of the molecule is Cn1cccc1C(=O)N1CCCC1CO. The van der Waals surface area contributed by atoms with Gasteiger partial charge in [-0.05, 0) is 25.0 Å². The molecule has 0 spiro atoms. The molecule has 0 radical (unpaired) electrons. The fourth-order valence-corrected chi connectivity index (χ4v) is 2.12. The van der Waals surface area contributed by atoms with Crippen molar-refractivity contribution in [2.45, 2.75) is 18.9 Å². The van der Waals surface area contributed by atoms with E-state index in [0.29, 0.717) is 5.69 Å². The van der Waals surface area contributed by atoms with Crippen molar-refractivity contribution in [3.8, 4) is 0 Å². The van der Waals surface area contributed by atoms with Crippen LogP contribution in [0.25, 0.3) is 0 Å². The van der Waals surface area contributed by atoms with Crippen LogP contribution in [0.5, 0.6) is 0 Å². The number of aromatic nitrogens is 1. The van der Waals surface area contributed by atoms with Crippen LogP contribution < -0.4 is 0 Å². The minimum Gasteiger partial charge on any atom is -0.394 e. The van der Waals surface area contributed by atoms with Gasteiger partial charge in [0.2, 0.25) is 0 Å². The molecule has 15 heavy (non-hydrogen) atoms. The van der Waals surface area contributed by atoms with Gasteiger partial charge in [0.1, 0.15) is 5.69 Å². The minimum atomic E-state index is 0.00685. The number of carbonyl (C=O) groups is 1. The van der Waals surface area contributed by atoms with Crippen molar-refractivity contribution in [1.82, 2.24) is 9.47 Å². The summed E-state index contributed by atoms with van der Waals surface area (Å²) in [6, 6.07) is 3.68. The molecule has 1 aliphatic heterocycles. The summed E-state index contributed by atoms with van der Waals surface area (Å²) in [4.78, 5) is 13.9. The largest absolute Gasteiger partial charge is 0.394 e. The van der Waals surface area contributed by atoms with E-state index in [1.54, 1.807) is 4.90 Å². The topological polar surface area (TPSA) is 45.5 Å². The average Bonchev–Trinajstić information content (AvgIpc) is 2.84. The molecule has 1 aromatic heterocycles. The molecular weight excluding hydrogens is 192 g/mol. The first kappa shape index (κ1) is 10.2.